The molecule has 1 atom stereocenters. The molecule has 5 nitrogen and oxygen atoms in total. The number of hydrazine groups is 1. The zero-order valence-electron chi connectivity index (χ0n) is 15.4. The third-order valence-electron chi connectivity index (χ3n) is 5.07. The number of ether oxygens (including phenoxy) is 1. The Morgan fingerprint density at radius 3 is 2.86 bits per heavy atom. The zero-order valence-corrected chi connectivity index (χ0v) is 13.4. The smallest absolute Gasteiger partial charge is 0.0980 e. The predicted octanol–water partition coefficient (Wildman–Crippen LogP) is 1.92. The van der Waals surface area contributed by atoms with Gasteiger partial charge in [-0.25, -0.2) is 0 Å². The van der Waals surface area contributed by atoms with E-state index in [9.17, 15) is 0 Å². The molecule has 1 aliphatic carbocycles. The van der Waals surface area contributed by atoms with Gasteiger partial charge in [0, 0.05) is 45.7 Å². The molecule has 22 heavy (non-hydrogen) atoms. The van der Waals surface area contributed by atoms with Gasteiger partial charge in [-0.15, -0.1) is 0 Å². The molecule has 3 aliphatic heterocycles. The summed E-state index contributed by atoms with van der Waals surface area (Å²) in [6, 6.07) is 0. The molecule has 4 rings (SSSR count). The Balaban J connectivity index is 1.49. The Kier molecular flexibility index (Phi) is 3.32. The standard InChI is InChI=1S/C17H28N4O/c1-19-13-20(7-4-14-5-8-22-9-6-14)12-17-16(19)10-18-21(17)11-15-2-3-15/h10,12,14-15,18H,2-9,11,13H2,1H3/i12D,13D. The Hall–Kier alpha value is -1.36. The van der Waals surface area contributed by atoms with E-state index < -0.39 is 6.64 Å². The minimum Gasteiger partial charge on any atom is -0.381 e. The largest absolute Gasteiger partial charge is 0.381 e. The van der Waals surface area contributed by atoms with Crippen LogP contribution in [-0.2, 0) is 4.74 Å². The van der Waals surface area contributed by atoms with Crippen LogP contribution < -0.4 is 5.43 Å². The Morgan fingerprint density at radius 2 is 2.09 bits per heavy atom. The second-order valence-electron chi connectivity index (χ2n) is 6.94. The lowest BCUT2D eigenvalue weighted by Gasteiger charge is -2.37. The maximum atomic E-state index is 8.70. The summed E-state index contributed by atoms with van der Waals surface area (Å²) in [6.45, 7) is 2.93. The summed E-state index contributed by atoms with van der Waals surface area (Å²) < 4.78 is 22.7. The molecular weight excluding hydrogens is 276 g/mol. The van der Waals surface area contributed by atoms with E-state index in [4.69, 9.17) is 7.48 Å². The first-order valence-electron chi connectivity index (χ1n) is 9.67. The van der Waals surface area contributed by atoms with Crippen molar-refractivity contribution in [3.05, 3.63) is 23.8 Å². The number of fused-ring (bicyclic) bond motifs is 1. The van der Waals surface area contributed by atoms with Crippen molar-refractivity contribution in [3.8, 4) is 0 Å². The summed E-state index contributed by atoms with van der Waals surface area (Å²) in [7, 11) is 1.96. The van der Waals surface area contributed by atoms with E-state index in [1.54, 1.807) is 0 Å². The van der Waals surface area contributed by atoms with E-state index in [1.165, 1.54) is 12.8 Å². The van der Waals surface area contributed by atoms with Crippen molar-refractivity contribution in [3.63, 3.8) is 0 Å². The van der Waals surface area contributed by atoms with Crippen molar-refractivity contribution in [2.75, 3.05) is 40.0 Å². The van der Waals surface area contributed by atoms with Crippen molar-refractivity contribution in [2.45, 2.75) is 32.1 Å². The Labute approximate surface area is 136 Å². The van der Waals surface area contributed by atoms with Gasteiger partial charge in [-0.3, -0.25) is 5.01 Å². The van der Waals surface area contributed by atoms with Crippen molar-refractivity contribution >= 4 is 0 Å². The normalized spacial score (nSPS) is 30.9. The van der Waals surface area contributed by atoms with E-state index >= 15 is 0 Å². The third kappa shape index (κ3) is 3.05. The highest BCUT2D eigenvalue weighted by Crippen LogP contribution is 2.34. The van der Waals surface area contributed by atoms with E-state index in [0.717, 1.165) is 62.9 Å². The van der Waals surface area contributed by atoms with Crippen LogP contribution in [0.4, 0.5) is 0 Å². The summed E-state index contributed by atoms with van der Waals surface area (Å²) in [5.74, 6) is 1.41. The fourth-order valence-corrected chi connectivity index (χ4v) is 3.41. The van der Waals surface area contributed by atoms with E-state index in [0.29, 0.717) is 12.1 Å². The molecule has 4 aliphatic rings. The van der Waals surface area contributed by atoms with Gasteiger partial charge in [-0.05, 0) is 43.9 Å². The number of hydrogen-bond donors (Lipinski definition) is 1. The van der Waals surface area contributed by atoms with Gasteiger partial charge in [-0.2, -0.15) is 0 Å². The van der Waals surface area contributed by atoms with Gasteiger partial charge in [0.2, 0.25) is 0 Å². The van der Waals surface area contributed by atoms with Crippen LogP contribution in [0.3, 0.4) is 0 Å². The molecule has 3 heterocycles. The van der Waals surface area contributed by atoms with Crippen molar-refractivity contribution < 1.29 is 7.48 Å². The molecule has 5 heteroatoms. The molecule has 122 valence electrons. The van der Waals surface area contributed by atoms with E-state index in [-0.39, 0.29) is 0 Å². The van der Waals surface area contributed by atoms with Crippen LogP contribution in [0.15, 0.2) is 23.8 Å². The second-order valence-corrected chi connectivity index (χ2v) is 6.94. The van der Waals surface area contributed by atoms with Gasteiger partial charge in [0.25, 0.3) is 0 Å². The van der Waals surface area contributed by atoms with E-state index in [1.807, 2.05) is 23.0 Å². The maximum absolute atomic E-state index is 8.70. The van der Waals surface area contributed by atoms with Gasteiger partial charge in [0.1, 0.15) is 0 Å². The Morgan fingerprint density at radius 1 is 1.27 bits per heavy atom. The fourth-order valence-electron chi connectivity index (χ4n) is 3.41. The van der Waals surface area contributed by atoms with Crippen molar-refractivity contribution in [1.82, 2.24) is 20.2 Å². The Bertz CT molecular complexity index is 543. The summed E-state index contributed by atoms with van der Waals surface area (Å²) in [6.07, 6.45) is 8.28. The topological polar surface area (TPSA) is 31.0 Å². The highest BCUT2D eigenvalue weighted by Gasteiger charge is 2.32. The lowest BCUT2D eigenvalue weighted by atomic mass is 9.96. The van der Waals surface area contributed by atoms with Gasteiger partial charge < -0.3 is 20.0 Å². The lowest BCUT2D eigenvalue weighted by Crippen LogP contribution is -2.41. The van der Waals surface area contributed by atoms with Gasteiger partial charge in [0.15, 0.2) is 0 Å². The van der Waals surface area contributed by atoms with Crippen molar-refractivity contribution in [2.24, 2.45) is 11.8 Å². The molecular formula is C17H28N4O. The molecule has 0 aromatic carbocycles. The summed E-state index contributed by atoms with van der Waals surface area (Å²) in [4.78, 5) is 3.91. The molecule has 0 bridgehead atoms. The number of rotatable bonds is 5. The average Bonchev–Trinajstić information content (AvgIpc) is 3.31. The van der Waals surface area contributed by atoms with Gasteiger partial charge in [-0.1, -0.05) is 0 Å². The minimum atomic E-state index is -0.519. The highest BCUT2D eigenvalue weighted by molar-refractivity contribution is 5.33. The van der Waals surface area contributed by atoms with Crippen LogP contribution in [0, 0.1) is 11.8 Å². The fraction of sp³-hybridized carbons (Fsp3) is 0.765. The van der Waals surface area contributed by atoms with Crippen LogP contribution >= 0.6 is 0 Å². The molecule has 2 fully saturated rings. The summed E-state index contributed by atoms with van der Waals surface area (Å²) >= 11 is 0. The van der Waals surface area contributed by atoms with Crippen LogP contribution in [-0.4, -0.2) is 54.8 Å². The molecule has 0 aromatic heterocycles. The molecule has 1 N–H and O–H groups in total. The van der Waals surface area contributed by atoms with Crippen LogP contribution in [0.5, 0.6) is 0 Å². The molecule has 0 aromatic rings. The minimum absolute atomic E-state index is 0.497. The molecule has 0 radical (unpaired) electrons. The lowest BCUT2D eigenvalue weighted by molar-refractivity contribution is 0.0599. The number of nitrogens with one attached hydrogen (secondary N) is 1. The number of hydrogen-bond acceptors (Lipinski definition) is 5. The third-order valence-corrected chi connectivity index (χ3v) is 5.07. The SMILES string of the molecule is [2H]C1=C2C(=CNN2CC2CC2)N(C)C([2H])N1CCC1CCOCC1. The monoisotopic (exact) mass is 306 g/mol. The first-order valence-corrected chi connectivity index (χ1v) is 8.59. The van der Waals surface area contributed by atoms with Crippen LogP contribution in [0.2, 0.25) is 0 Å². The quantitative estimate of drug-likeness (QED) is 0.839. The van der Waals surface area contributed by atoms with E-state index in [2.05, 4.69) is 10.4 Å². The zero-order chi connectivity index (χ0) is 16.7. The number of likely N-dealkylation sites (N-methyl/N-ethyl adjacent to an activating group) is 1. The molecule has 1 saturated carbocycles. The molecule has 1 unspecified atom stereocenters. The van der Waals surface area contributed by atoms with Crippen LogP contribution in [0.25, 0.3) is 0 Å². The molecule has 1 saturated heterocycles. The second kappa shape index (κ2) is 6.03. The summed E-state index contributed by atoms with van der Waals surface area (Å²) in [5.41, 5.74) is 5.22. The van der Waals surface area contributed by atoms with Gasteiger partial charge in [0.05, 0.1) is 20.8 Å². The first kappa shape index (κ1) is 12.1. The molecule has 0 amide bonds. The predicted molar refractivity (Wildman–Crippen MR) is 86.2 cm³/mol. The maximum Gasteiger partial charge on any atom is 0.0980 e. The summed E-state index contributed by atoms with van der Waals surface area (Å²) in [5, 5.41) is 2.11. The molecule has 0 spiro atoms. The van der Waals surface area contributed by atoms with Crippen LogP contribution in [0.1, 0.15) is 34.8 Å². The highest BCUT2D eigenvalue weighted by atomic mass is 16.5. The number of nitrogens with zero attached hydrogens (tertiary/aromatic N) is 3. The van der Waals surface area contributed by atoms with Crippen molar-refractivity contribution in [1.29, 1.82) is 0 Å². The average molecular weight is 306 g/mol. The van der Waals surface area contributed by atoms with Gasteiger partial charge >= 0.3 is 0 Å². The first-order chi connectivity index (χ1) is 11.6.